The first kappa shape index (κ1) is 15.5. The summed E-state index contributed by atoms with van der Waals surface area (Å²) in [6, 6.07) is 0. The van der Waals surface area contributed by atoms with E-state index in [-0.39, 0.29) is 30.8 Å². The summed E-state index contributed by atoms with van der Waals surface area (Å²) < 4.78 is 4.63. The number of esters is 1. The summed E-state index contributed by atoms with van der Waals surface area (Å²) in [5, 5.41) is 0. The molecule has 1 aliphatic carbocycles. The summed E-state index contributed by atoms with van der Waals surface area (Å²) >= 11 is 0. The van der Waals surface area contributed by atoms with Crippen molar-refractivity contribution < 1.29 is 9.53 Å². The highest BCUT2D eigenvalue weighted by Gasteiger charge is 2.36. The van der Waals surface area contributed by atoms with E-state index in [1.54, 1.807) is 0 Å². The van der Waals surface area contributed by atoms with Gasteiger partial charge in [0.1, 0.15) is 5.54 Å². The monoisotopic (exact) mass is 229 g/mol. The van der Waals surface area contributed by atoms with Gasteiger partial charge in [0, 0.05) is 0 Å². The minimum atomic E-state index is -0.674. The Kier molecular flexibility index (Phi) is 7.69. The van der Waals surface area contributed by atoms with Crippen LogP contribution in [-0.4, -0.2) is 18.6 Å². The van der Waals surface area contributed by atoms with Crippen LogP contribution in [-0.2, 0) is 9.53 Å². The van der Waals surface area contributed by atoms with Gasteiger partial charge in [0.25, 0.3) is 0 Å². The van der Waals surface area contributed by atoms with Gasteiger partial charge in [-0.05, 0) is 12.8 Å². The Morgan fingerprint density at radius 3 is 2.08 bits per heavy atom. The van der Waals surface area contributed by atoms with Crippen LogP contribution in [0.5, 0.6) is 0 Å². The molecule has 0 aromatic rings. The highest BCUT2D eigenvalue weighted by atomic mass is 35.5. The molecule has 0 bridgehead atoms. The van der Waals surface area contributed by atoms with E-state index in [9.17, 15) is 4.79 Å². The van der Waals surface area contributed by atoms with Gasteiger partial charge in [-0.2, -0.15) is 0 Å². The summed E-state index contributed by atoms with van der Waals surface area (Å²) in [5.41, 5.74) is 5.16. The van der Waals surface area contributed by atoms with Crippen molar-refractivity contribution in [2.45, 2.75) is 37.6 Å². The number of hydrogen-bond acceptors (Lipinski definition) is 3. The van der Waals surface area contributed by atoms with Gasteiger partial charge >= 0.3 is 5.97 Å². The molecule has 2 N–H and O–H groups in total. The Morgan fingerprint density at radius 1 is 1.23 bits per heavy atom. The summed E-state index contributed by atoms with van der Waals surface area (Å²) in [6.45, 7) is 0. The molecule has 1 aliphatic rings. The number of ether oxygens (including phenoxy) is 1. The molecule has 0 aromatic carbocycles. The van der Waals surface area contributed by atoms with E-state index < -0.39 is 5.54 Å². The Balaban J connectivity index is 0. The van der Waals surface area contributed by atoms with E-state index in [0.717, 1.165) is 25.7 Å². The molecule has 1 saturated carbocycles. The van der Waals surface area contributed by atoms with Crippen molar-refractivity contribution in [1.29, 1.82) is 0 Å². The van der Waals surface area contributed by atoms with E-state index >= 15 is 0 Å². The molecule has 13 heavy (non-hydrogen) atoms. The van der Waals surface area contributed by atoms with Crippen LogP contribution in [0.3, 0.4) is 0 Å². The van der Waals surface area contributed by atoms with Crippen molar-refractivity contribution in [3.8, 4) is 0 Å². The van der Waals surface area contributed by atoms with Crippen molar-refractivity contribution in [3.63, 3.8) is 0 Å². The largest absolute Gasteiger partial charge is 0.468 e. The molecule has 0 spiro atoms. The van der Waals surface area contributed by atoms with Crippen LogP contribution < -0.4 is 5.73 Å². The molecule has 5 heteroatoms. The van der Waals surface area contributed by atoms with Crippen LogP contribution in [0.15, 0.2) is 0 Å². The average molecular weight is 230 g/mol. The lowest BCUT2D eigenvalue weighted by Crippen LogP contribution is -2.49. The molecule has 80 valence electrons. The molecule has 0 aliphatic heterocycles. The lowest BCUT2D eigenvalue weighted by Gasteiger charge is -2.29. The van der Waals surface area contributed by atoms with Gasteiger partial charge < -0.3 is 10.5 Å². The van der Waals surface area contributed by atoms with Crippen LogP contribution in [0, 0.1) is 0 Å². The quantitative estimate of drug-likeness (QED) is 0.697. The smallest absolute Gasteiger partial charge is 0.325 e. The van der Waals surface area contributed by atoms with Crippen LogP contribution in [0.4, 0.5) is 0 Å². The minimum Gasteiger partial charge on any atom is -0.468 e. The molecular formula is C8H17Cl2NO2. The Bertz CT molecular complexity index is 158. The Morgan fingerprint density at radius 2 is 1.69 bits per heavy atom. The third-order valence-corrected chi connectivity index (χ3v) is 2.34. The van der Waals surface area contributed by atoms with Gasteiger partial charge in [0.15, 0.2) is 0 Å². The highest BCUT2D eigenvalue weighted by Crippen LogP contribution is 2.26. The number of methoxy groups -OCH3 is 1. The lowest BCUT2D eigenvalue weighted by atomic mass is 9.83. The van der Waals surface area contributed by atoms with Crippen LogP contribution in [0.1, 0.15) is 32.1 Å². The summed E-state index contributed by atoms with van der Waals surface area (Å²) in [7, 11) is 1.39. The number of carbonyl (C=O) groups excluding carboxylic acids is 1. The molecule has 0 heterocycles. The van der Waals surface area contributed by atoms with Gasteiger partial charge in [-0.1, -0.05) is 19.3 Å². The van der Waals surface area contributed by atoms with Gasteiger partial charge in [0.2, 0.25) is 0 Å². The molecule has 0 aromatic heterocycles. The third-order valence-electron chi connectivity index (χ3n) is 2.34. The first-order chi connectivity index (χ1) is 5.19. The fraction of sp³-hybridized carbons (Fsp3) is 0.875. The first-order valence-corrected chi connectivity index (χ1v) is 4.06. The molecule has 0 radical (unpaired) electrons. The molecule has 0 atom stereocenters. The van der Waals surface area contributed by atoms with E-state index in [1.807, 2.05) is 0 Å². The maximum absolute atomic E-state index is 11.1. The zero-order valence-corrected chi connectivity index (χ0v) is 9.38. The lowest BCUT2D eigenvalue weighted by molar-refractivity contribution is -0.148. The van der Waals surface area contributed by atoms with Gasteiger partial charge in [-0.3, -0.25) is 4.79 Å². The molecule has 3 nitrogen and oxygen atoms in total. The van der Waals surface area contributed by atoms with Crippen molar-refractivity contribution in [2.24, 2.45) is 5.73 Å². The number of halogens is 2. The van der Waals surface area contributed by atoms with Gasteiger partial charge in [-0.15, -0.1) is 24.8 Å². The van der Waals surface area contributed by atoms with Crippen LogP contribution in [0.2, 0.25) is 0 Å². The second-order valence-corrected chi connectivity index (χ2v) is 3.21. The summed E-state index contributed by atoms with van der Waals surface area (Å²) in [5.74, 6) is -0.253. The highest BCUT2D eigenvalue weighted by molar-refractivity contribution is 5.85. The molecule has 0 unspecified atom stereocenters. The van der Waals surface area contributed by atoms with Crippen molar-refractivity contribution in [3.05, 3.63) is 0 Å². The number of rotatable bonds is 1. The van der Waals surface area contributed by atoms with E-state index in [4.69, 9.17) is 5.73 Å². The van der Waals surface area contributed by atoms with E-state index in [1.165, 1.54) is 13.5 Å². The molecule has 1 fully saturated rings. The SMILES string of the molecule is COC(=O)C1(N)CCCCC1.Cl.Cl. The third kappa shape index (κ3) is 3.71. The maximum atomic E-state index is 11.1. The van der Waals surface area contributed by atoms with Crippen LogP contribution >= 0.6 is 24.8 Å². The average Bonchev–Trinajstić information content (AvgIpc) is 2.04. The van der Waals surface area contributed by atoms with Gasteiger partial charge in [-0.25, -0.2) is 0 Å². The fourth-order valence-electron chi connectivity index (χ4n) is 1.59. The predicted octanol–water partition coefficient (Wildman–Crippen LogP) is 1.66. The number of hydrogen-bond donors (Lipinski definition) is 1. The topological polar surface area (TPSA) is 52.3 Å². The standard InChI is InChI=1S/C8H15NO2.2ClH/c1-11-7(10)8(9)5-3-2-4-6-8;;/h2-6,9H2,1H3;2*1H. The van der Waals surface area contributed by atoms with E-state index in [0.29, 0.717) is 0 Å². The maximum Gasteiger partial charge on any atom is 0.325 e. The zero-order valence-electron chi connectivity index (χ0n) is 7.75. The molecule has 0 amide bonds. The second kappa shape index (κ2) is 6.46. The Labute approximate surface area is 91.2 Å². The molecule has 1 rings (SSSR count). The number of carbonyl (C=O) groups is 1. The Hall–Kier alpha value is 0.01000. The molecular weight excluding hydrogens is 213 g/mol. The fourth-order valence-corrected chi connectivity index (χ4v) is 1.59. The second-order valence-electron chi connectivity index (χ2n) is 3.21. The number of nitrogens with two attached hydrogens (primary N) is 1. The summed E-state index contributed by atoms with van der Waals surface area (Å²) in [4.78, 5) is 11.1. The van der Waals surface area contributed by atoms with Crippen molar-refractivity contribution in [1.82, 2.24) is 0 Å². The normalized spacial score (nSPS) is 19.2. The van der Waals surface area contributed by atoms with Crippen molar-refractivity contribution >= 4 is 30.8 Å². The predicted molar refractivity (Wildman–Crippen MR) is 56.5 cm³/mol. The van der Waals surface area contributed by atoms with E-state index in [2.05, 4.69) is 4.74 Å². The molecule has 0 saturated heterocycles. The summed E-state index contributed by atoms with van der Waals surface area (Å²) in [6.07, 6.45) is 4.84. The van der Waals surface area contributed by atoms with Crippen molar-refractivity contribution in [2.75, 3.05) is 7.11 Å². The van der Waals surface area contributed by atoms with Gasteiger partial charge in [0.05, 0.1) is 7.11 Å². The minimum absolute atomic E-state index is 0. The van der Waals surface area contributed by atoms with Crippen LogP contribution in [0.25, 0.3) is 0 Å². The first-order valence-electron chi connectivity index (χ1n) is 4.06. The zero-order chi connectivity index (χ0) is 8.32.